The van der Waals surface area contributed by atoms with Crippen LogP contribution in [0, 0.1) is 0 Å². The Bertz CT molecular complexity index is 208. The molecule has 0 rings (SSSR count). The smallest absolute Gasteiger partial charge is 0.309 e. The third-order valence-corrected chi connectivity index (χ3v) is 0. The van der Waals surface area contributed by atoms with E-state index < -0.39 is 21.7 Å². The van der Waals surface area contributed by atoms with E-state index in [1.165, 1.54) is 0 Å². The van der Waals surface area contributed by atoms with Crippen molar-refractivity contribution in [3.05, 3.63) is 0 Å². The van der Waals surface area contributed by atoms with Crippen molar-refractivity contribution in [3.8, 4) is 0 Å². The number of urea groups is 1. The standard InChI is InChI=1S/CH4N2O.6H3N.2H3O4P/c2-1(3)4;;;;;;;2*1-5(2,3)4/h(H4,2,3,4);6*1H3;2*(H3,1,2,3,4). The summed E-state index contributed by atoms with van der Waals surface area (Å²) in [6, 6.07) is -0.833. The summed E-state index contributed by atoms with van der Waals surface area (Å²) in [5.41, 5.74) is 8.50. The quantitative estimate of drug-likeness (QED) is 0.193. The summed E-state index contributed by atoms with van der Waals surface area (Å²) >= 11 is 0. The Morgan fingerprint density at radius 2 is 0.600 bits per heavy atom. The van der Waals surface area contributed by atoms with Gasteiger partial charge in [-0.15, -0.1) is 0 Å². The maximum Gasteiger partial charge on any atom is 0.309 e. The van der Waals surface area contributed by atoms with Crippen molar-refractivity contribution >= 4 is 21.7 Å². The van der Waals surface area contributed by atoms with Gasteiger partial charge in [-0.25, -0.2) is 4.79 Å². The van der Waals surface area contributed by atoms with E-state index in [0.717, 1.165) is 0 Å². The van der Waals surface area contributed by atoms with Crippen LogP contribution in [0.3, 0.4) is 0 Å². The van der Waals surface area contributed by atoms with Crippen molar-refractivity contribution in [2.24, 2.45) is 11.5 Å². The van der Waals surface area contributed by atoms with E-state index in [1.54, 1.807) is 0 Å². The van der Waals surface area contributed by atoms with Gasteiger partial charge >= 0.3 is 6.03 Å². The summed E-state index contributed by atoms with van der Waals surface area (Å²) in [5, 5.41) is 0. The molecular formula is CH28N8O9P2. The highest BCUT2D eigenvalue weighted by atomic mass is 31.2. The van der Waals surface area contributed by atoms with Gasteiger partial charge in [-0.3, -0.25) is 0 Å². The fourth-order valence-corrected chi connectivity index (χ4v) is 0. The number of carbonyl (C=O) groups is 1. The maximum absolute atomic E-state index is 9.00. The third kappa shape index (κ3) is 8100. The summed E-state index contributed by atoms with van der Waals surface area (Å²) in [6.45, 7) is 0. The Balaban J connectivity index is -0.0000000113. The number of hydrogen-bond acceptors (Lipinski definition) is 9. The van der Waals surface area contributed by atoms with Crippen LogP contribution >= 0.6 is 15.6 Å². The van der Waals surface area contributed by atoms with Gasteiger partial charge in [0.25, 0.3) is 0 Å². The number of phosphoric acid groups is 2. The molecule has 0 spiro atoms. The normalized spacial score (nSPS) is 7.10. The number of hydrogen-bond donors (Lipinski definition) is 8. The van der Waals surface area contributed by atoms with E-state index in [0.29, 0.717) is 0 Å². The summed E-state index contributed by atoms with van der Waals surface area (Å²) in [6.07, 6.45) is 0. The van der Waals surface area contributed by atoms with Crippen molar-refractivity contribution < 1.29 is 43.3 Å². The summed E-state index contributed by atoms with van der Waals surface area (Å²) < 4.78 is 17.1. The Morgan fingerprint density at radius 3 is 0.600 bits per heavy atom. The molecule has 0 aliphatic heterocycles. The highest BCUT2D eigenvalue weighted by Crippen LogP contribution is 2.03. The first-order valence-corrected chi connectivity index (χ1v) is 5.16. The number of amides is 2. The predicted octanol–water partition coefficient (Wildman–Crippen LogP) is -4.37. The van der Waals surface area contributed by atoms with Crippen LogP contribution < -0.4 is 77.7 Å². The fraction of sp³-hybridized carbons (Fsp3) is 0. The van der Waals surface area contributed by atoms with Crippen LogP contribution in [0.25, 0.3) is 0 Å². The van der Waals surface area contributed by atoms with Gasteiger partial charge in [0.15, 0.2) is 0 Å². The molecule has 0 saturated heterocycles. The monoisotopic (exact) mass is 358 g/mol. The molecule has 0 heterocycles. The minimum absolute atomic E-state index is 0. The molecule has 0 atom stereocenters. The highest BCUT2D eigenvalue weighted by Gasteiger charge is 1.60. The molecule has 20 heavy (non-hydrogen) atoms. The molecule has 0 aromatic heterocycles. The summed E-state index contributed by atoms with van der Waals surface area (Å²) in [7, 11) is -10.8. The first-order valence-electron chi connectivity index (χ1n) is 2.24. The SMILES string of the molecule is NC(N)=O.O=P([O-])([O-])[O-].O=P([O-])([O-])[O-].[NH4+].[NH4+].[NH4+].[NH4+].[NH4+].[NH4+]. The second kappa shape index (κ2) is 26.7. The largest absolute Gasteiger partial charge is 0.822 e. The van der Waals surface area contributed by atoms with Gasteiger partial charge in [-0.2, -0.15) is 15.6 Å². The van der Waals surface area contributed by atoms with Crippen LogP contribution in [0.2, 0.25) is 0 Å². The maximum atomic E-state index is 9.00. The molecule has 0 aliphatic carbocycles. The van der Waals surface area contributed by atoms with Crippen molar-refractivity contribution in [1.82, 2.24) is 36.9 Å². The lowest BCUT2D eigenvalue weighted by atomic mass is 11.2. The Labute approximate surface area is 114 Å². The van der Waals surface area contributed by atoms with Gasteiger partial charge in [-0.1, -0.05) is 0 Å². The van der Waals surface area contributed by atoms with Crippen LogP contribution in [-0.2, 0) is 9.13 Å². The van der Waals surface area contributed by atoms with E-state index in [9.17, 15) is 0 Å². The molecule has 0 saturated carbocycles. The Hall–Kier alpha value is -0.750. The number of nitrogens with two attached hydrogens (primary N) is 2. The van der Waals surface area contributed by atoms with Crippen LogP contribution in [-0.4, -0.2) is 6.03 Å². The molecule has 0 unspecified atom stereocenters. The molecule has 0 bridgehead atoms. The average Bonchev–Trinajstić information content (AvgIpc) is 1.45. The lowest BCUT2D eigenvalue weighted by Gasteiger charge is -2.36. The first kappa shape index (κ1) is 61.0. The van der Waals surface area contributed by atoms with Gasteiger partial charge in [0.1, 0.15) is 0 Å². The van der Waals surface area contributed by atoms with Gasteiger partial charge in [0.2, 0.25) is 0 Å². The third-order valence-electron chi connectivity index (χ3n) is 0. The van der Waals surface area contributed by atoms with E-state index in [-0.39, 0.29) is 36.9 Å². The van der Waals surface area contributed by atoms with Crippen molar-refractivity contribution in [1.29, 1.82) is 0 Å². The molecule has 19 heteroatoms. The lowest BCUT2D eigenvalue weighted by molar-refractivity contribution is -0.434. The van der Waals surface area contributed by atoms with Crippen LogP contribution in [0.1, 0.15) is 0 Å². The second-order valence-corrected chi connectivity index (χ2v) is 3.09. The molecule has 136 valence electrons. The van der Waals surface area contributed by atoms with Gasteiger partial charge in [0.05, 0.1) is 0 Å². The fourth-order valence-electron chi connectivity index (χ4n) is 0. The topological polar surface area (TPSA) is 461 Å². The minimum atomic E-state index is -5.39. The minimum Gasteiger partial charge on any atom is -0.822 e. The zero-order valence-electron chi connectivity index (χ0n) is 12.2. The predicted molar refractivity (Wildman–Crippen MR) is 64.9 cm³/mol. The second-order valence-electron chi connectivity index (χ2n) is 1.30. The van der Waals surface area contributed by atoms with Crippen molar-refractivity contribution in [3.63, 3.8) is 0 Å². The first-order chi connectivity index (χ1) is 5.73. The average molecular weight is 358 g/mol. The van der Waals surface area contributed by atoms with E-state index in [1.807, 2.05) is 0 Å². The molecule has 0 radical (unpaired) electrons. The van der Waals surface area contributed by atoms with Gasteiger partial charge < -0.3 is 86.9 Å². The summed E-state index contributed by atoms with van der Waals surface area (Å²) in [5.74, 6) is 0. The van der Waals surface area contributed by atoms with Crippen LogP contribution in [0.15, 0.2) is 0 Å². The number of quaternary nitrogens is 6. The molecule has 0 fully saturated rings. The molecular weight excluding hydrogens is 330 g/mol. The molecule has 0 aromatic rings. The number of carbonyl (C=O) groups excluding carboxylic acids is 1. The summed E-state index contributed by atoms with van der Waals surface area (Å²) in [4.78, 5) is 60.3. The molecule has 2 amide bonds. The number of primary amides is 2. The van der Waals surface area contributed by atoms with Crippen LogP contribution in [0.5, 0.6) is 0 Å². The molecule has 28 N–H and O–H groups in total. The van der Waals surface area contributed by atoms with Crippen molar-refractivity contribution in [2.45, 2.75) is 0 Å². The van der Waals surface area contributed by atoms with Crippen LogP contribution in [0.4, 0.5) is 4.79 Å². The van der Waals surface area contributed by atoms with E-state index >= 15 is 0 Å². The number of rotatable bonds is 0. The van der Waals surface area contributed by atoms with Crippen molar-refractivity contribution in [2.75, 3.05) is 0 Å². The lowest BCUT2D eigenvalue weighted by Crippen LogP contribution is -2.24. The zero-order valence-corrected chi connectivity index (χ0v) is 14.0. The van der Waals surface area contributed by atoms with E-state index in [4.69, 9.17) is 43.3 Å². The Kier molecular flexibility index (Phi) is 81.6. The van der Waals surface area contributed by atoms with Gasteiger partial charge in [-0.05, 0) is 0 Å². The molecule has 0 aromatic carbocycles. The molecule has 0 aliphatic rings. The Morgan fingerprint density at radius 1 is 0.600 bits per heavy atom. The highest BCUT2D eigenvalue weighted by molar-refractivity contribution is 7.40. The zero-order chi connectivity index (χ0) is 12.6. The van der Waals surface area contributed by atoms with Gasteiger partial charge in [0, 0.05) is 0 Å². The molecule has 17 nitrogen and oxygen atoms in total. The van der Waals surface area contributed by atoms with E-state index in [2.05, 4.69) is 11.5 Å².